The van der Waals surface area contributed by atoms with Crippen molar-refractivity contribution in [2.45, 2.75) is 44.2 Å². The third-order valence-corrected chi connectivity index (χ3v) is 4.39. The molecule has 0 bridgehead atoms. The summed E-state index contributed by atoms with van der Waals surface area (Å²) >= 11 is 1.78. The number of likely N-dealkylation sites (N-methyl/N-ethyl adjacent to an activating group) is 1. The van der Waals surface area contributed by atoms with Gasteiger partial charge in [0.1, 0.15) is 0 Å². The van der Waals surface area contributed by atoms with E-state index in [1.165, 1.54) is 10.5 Å². The average molecular weight is 266 g/mol. The number of benzene rings is 1. The Labute approximate surface area is 116 Å². The summed E-state index contributed by atoms with van der Waals surface area (Å²) in [4.78, 5) is 3.80. The molecule has 2 nitrogen and oxygen atoms in total. The molecule has 0 aliphatic heterocycles. The highest BCUT2D eigenvalue weighted by Crippen LogP contribution is 2.25. The van der Waals surface area contributed by atoms with Crippen LogP contribution in [-0.2, 0) is 0 Å². The van der Waals surface area contributed by atoms with E-state index in [4.69, 9.17) is 5.73 Å². The standard InChI is InChI=1S/C15H26N2S/c1-5-12(3)17(6-2)15(11-16)13-7-9-14(18-4)10-8-13/h7-10,12,15H,5-6,11,16H2,1-4H3. The van der Waals surface area contributed by atoms with Gasteiger partial charge in [0.25, 0.3) is 0 Å². The first-order chi connectivity index (χ1) is 8.67. The molecule has 1 aromatic rings. The highest BCUT2D eigenvalue weighted by atomic mass is 32.2. The summed E-state index contributed by atoms with van der Waals surface area (Å²) in [6.45, 7) is 8.45. The maximum atomic E-state index is 6.00. The van der Waals surface area contributed by atoms with E-state index in [-0.39, 0.29) is 0 Å². The van der Waals surface area contributed by atoms with Crippen molar-refractivity contribution in [3.63, 3.8) is 0 Å². The summed E-state index contributed by atoms with van der Waals surface area (Å²) in [5.41, 5.74) is 7.33. The van der Waals surface area contributed by atoms with E-state index in [1.807, 2.05) is 0 Å². The fourth-order valence-electron chi connectivity index (χ4n) is 2.36. The lowest BCUT2D eigenvalue weighted by atomic mass is 10.0. The van der Waals surface area contributed by atoms with Crippen molar-refractivity contribution in [3.05, 3.63) is 29.8 Å². The van der Waals surface area contributed by atoms with Crippen LogP contribution in [-0.4, -0.2) is 30.3 Å². The Kier molecular flexibility index (Phi) is 6.76. The van der Waals surface area contributed by atoms with Crippen molar-refractivity contribution in [3.8, 4) is 0 Å². The first-order valence-electron chi connectivity index (χ1n) is 6.77. The molecule has 0 saturated heterocycles. The summed E-state index contributed by atoms with van der Waals surface area (Å²) in [6, 6.07) is 9.72. The third-order valence-electron chi connectivity index (χ3n) is 3.65. The molecule has 0 saturated carbocycles. The topological polar surface area (TPSA) is 29.3 Å². The van der Waals surface area contributed by atoms with Gasteiger partial charge in [-0.3, -0.25) is 4.90 Å². The van der Waals surface area contributed by atoms with E-state index in [1.54, 1.807) is 11.8 Å². The van der Waals surface area contributed by atoms with Gasteiger partial charge in [0.05, 0.1) is 0 Å². The molecule has 0 radical (unpaired) electrons. The van der Waals surface area contributed by atoms with E-state index in [9.17, 15) is 0 Å². The molecule has 18 heavy (non-hydrogen) atoms. The average Bonchev–Trinajstić information content (AvgIpc) is 2.44. The van der Waals surface area contributed by atoms with Gasteiger partial charge in [-0.25, -0.2) is 0 Å². The molecule has 0 aliphatic rings. The molecule has 0 amide bonds. The SMILES string of the molecule is CCC(C)N(CC)C(CN)c1ccc(SC)cc1. The summed E-state index contributed by atoms with van der Waals surface area (Å²) in [6.07, 6.45) is 3.26. The molecule has 2 atom stereocenters. The Bertz CT molecular complexity index is 337. The van der Waals surface area contributed by atoms with Crippen LogP contribution in [0.4, 0.5) is 0 Å². The van der Waals surface area contributed by atoms with Crippen LogP contribution in [0.5, 0.6) is 0 Å². The summed E-state index contributed by atoms with van der Waals surface area (Å²) in [5, 5.41) is 0. The van der Waals surface area contributed by atoms with Crippen LogP contribution in [0.1, 0.15) is 38.8 Å². The van der Waals surface area contributed by atoms with E-state index in [0.717, 1.165) is 13.0 Å². The predicted molar refractivity (Wildman–Crippen MR) is 82.2 cm³/mol. The minimum absolute atomic E-state index is 0.334. The normalized spacial score (nSPS) is 14.8. The Morgan fingerprint density at radius 2 is 1.83 bits per heavy atom. The molecule has 3 heteroatoms. The zero-order valence-corrected chi connectivity index (χ0v) is 12.8. The maximum Gasteiger partial charge on any atom is 0.0473 e. The molecule has 1 aromatic carbocycles. The summed E-state index contributed by atoms with van der Waals surface area (Å²) in [5.74, 6) is 0. The second-order valence-corrected chi connectivity index (χ2v) is 5.49. The Morgan fingerprint density at radius 3 is 2.22 bits per heavy atom. The number of hydrogen-bond donors (Lipinski definition) is 1. The summed E-state index contributed by atoms with van der Waals surface area (Å²) in [7, 11) is 0. The molecule has 0 aromatic heterocycles. The van der Waals surface area contributed by atoms with Gasteiger partial charge < -0.3 is 5.73 Å². The number of rotatable bonds is 7. The smallest absolute Gasteiger partial charge is 0.0473 e. The lowest BCUT2D eigenvalue weighted by molar-refractivity contribution is 0.152. The zero-order valence-electron chi connectivity index (χ0n) is 12.0. The second-order valence-electron chi connectivity index (χ2n) is 4.61. The molecule has 2 N–H and O–H groups in total. The van der Waals surface area contributed by atoms with E-state index < -0.39 is 0 Å². The van der Waals surface area contributed by atoms with Crippen LogP contribution in [0.2, 0.25) is 0 Å². The third kappa shape index (κ3) is 3.74. The maximum absolute atomic E-state index is 6.00. The van der Waals surface area contributed by atoms with Crippen molar-refractivity contribution in [1.29, 1.82) is 0 Å². The fraction of sp³-hybridized carbons (Fsp3) is 0.600. The quantitative estimate of drug-likeness (QED) is 0.766. The van der Waals surface area contributed by atoms with E-state index >= 15 is 0 Å². The molecule has 102 valence electrons. The monoisotopic (exact) mass is 266 g/mol. The second kappa shape index (κ2) is 7.82. The highest BCUT2D eigenvalue weighted by molar-refractivity contribution is 7.98. The largest absolute Gasteiger partial charge is 0.329 e. The molecule has 1 rings (SSSR count). The lowest BCUT2D eigenvalue weighted by Gasteiger charge is -2.35. The van der Waals surface area contributed by atoms with Crippen LogP contribution >= 0.6 is 11.8 Å². The molecule has 0 aliphatic carbocycles. The first kappa shape index (κ1) is 15.5. The number of hydrogen-bond acceptors (Lipinski definition) is 3. The van der Waals surface area contributed by atoms with Crippen LogP contribution in [0, 0.1) is 0 Å². The van der Waals surface area contributed by atoms with Crippen LogP contribution in [0.3, 0.4) is 0 Å². The van der Waals surface area contributed by atoms with Crippen molar-refractivity contribution >= 4 is 11.8 Å². The van der Waals surface area contributed by atoms with E-state index in [2.05, 4.69) is 56.2 Å². The fourth-order valence-corrected chi connectivity index (χ4v) is 2.77. The van der Waals surface area contributed by atoms with Crippen LogP contribution in [0.15, 0.2) is 29.2 Å². The lowest BCUT2D eigenvalue weighted by Crippen LogP contribution is -2.39. The van der Waals surface area contributed by atoms with Crippen LogP contribution in [0.25, 0.3) is 0 Å². The number of thioether (sulfide) groups is 1. The molecule has 0 heterocycles. The number of nitrogens with two attached hydrogens (primary N) is 1. The molecule has 2 unspecified atom stereocenters. The van der Waals surface area contributed by atoms with Gasteiger partial charge in [-0.05, 0) is 43.8 Å². The van der Waals surface area contributed by atoms with Crippen molar-refractivity contribution < 1.29 is 0 Å². The Morgan fingerprint density at radius 1 is 1.22 bits per heavy atom. The van der Waals surface area contributed by atoms with Crippen molar-refractivity contribution in [2.24, 2.45) is 5.73 Å². The van der Waals surface area contributed by atoms with Crippen LogP contribution < -0.4 is 5.73 Å². The number of nitrogens with zero attached hydrogens (tertiary/aromatic N) is 1. The van der Waals surface area contributed by atoms with Gasteiger partial charge in [0.2, 0.25) is 0 Å². The Balaban J connectivity index is 2.92. The van der Waals surface area contributed by atoms with Crippen molar-refractivity contribution in [2.75, 3.05) is 19.3 Å². The molecule has 0 fully saturated rings. The van der Waals surface area contributed by atoms with E-state index in [0.29, 0.717) is 18.6 Å². The Hall–Kier alpha value is -0.510. The first-order valence-corrected chi connectivity index (χ1v) is 8.00. The molecular formula is C15H26N2S. The predicted octanol–water partition coefficient (Wildman–Crippen LogP) is 3.53. The van der Waals surface area contributed by atoms with Gasteiger partial charge >= 0.3 is 0 Å². The van der Waals surface area contributed by atoms with Gasteiger partial charge in [0.15, 0.2) is 0 Å². The van der Waals surface area contributed by atoms with Gasteiger partial charge in [-0.2, -0.15) is 0 Å². The minimum Gasteiger partial charge on any atom is -0.329 e. The minimum atomic E-state index is 0.334. The molecular weight excluding hydrogens is 240 g/mol. The van der Waals surface area contributed by atoms with Gasteiger partial charge in [-0.1, -0.05) is 26.0 Å². The zero-order chi connectivity index (χ0) is 13.5. The van der Waals surface area contributed by atoms with Gasteiger partial charge in [0, 0.05) is 23.5 Å². The molecule has 0 spiro atoms. The highest BCUT2D eigenvalue weighted by Gasteiger charge is 2.21. The summed E-state index contributed by atoms with van der Waals surface area (Å²) < 4.78 is 0. The van der Waals surface area contributed by atoms with Gasteiger partial charge in [-0.15, -0.1) is 11.8 Å². The van der Waals surface area contributed by atoms with Crippen molar-refractivity contribution in [1.82, 2.24) is 4.90 Å².